The van der Waals surface area contributed by atoms with Crippen LogP contribution >= 0.6 is 11.3 Å². The van der Waals surface area contributed by atoms with E-state index in [9.17, 15) is 9.59 Å². The van der Waals surface area contributed by atoms with E-state index >= 15 is 0 Å². The number of nitrogens with two attached hydrogens (primary N) is 1. The molecule has 0 aliphatic heterocycles. The Kier molecular flexibility index (Phi) is 6.60. The summed E-state index contributed by atoms with van der Waals surface area (Å²) in [6.45, 7) is 6.74. The molecule has 112 valence electrons. The molecule has 0 aliphatic rings. The molecule has 0 aromatic carbocycles. The summed E-state index contributed by atoms with van der Waals surface area (Å²) in [4.78, 5) is 29.6. The molecule has 0 radical (unpaired) electrons. The smallest absolute Gasteiger partial charge is 0.325 e. The minimum atomic E-state index is -0.407. The Morgan fingerprint density at radius 1 is 1.50 bits per heavy atom. The zero-order valence-corrected chi connectivity index (χ0v) is 12.9. The van der Waals surface area contributed by atoms with Gasteiger partial charge in [-0.25, -0.2) is 4.98 Å². The number of aromatic nitrogens is 1. The minimum Gasteiger partial charge on any atom is -0.465 e. The molecule has 0 saturated heterocycles. The topological polar surface area (TPSA) is 85.5 Å². The van der Waals surface area contributed by atoms with E-state index in [1.165, 1.54) is 16.2 Å². The minimum absolute atomic E-state index is 0.0552. The van der Waals surface area contributed by atoms with E-state index in [1.54, 1.807) is 12.3 Å². The number of amides is 1. The highest BCUT2D eigenvalue weighted by atomic mass is 32.1. The van der Waals surface area contributed by atoms with E-state index in [4.69, 9.17) is 10.5 Å². The molecule has 20 heavy (non-hydrogen) atoms. The molecule has 1 aromatic heterocycles. The Balaban J connectivity index is 2.80. The predicted molar refractivity (Wildman–Crippen MR) is 77.4 cm³/mol. The van der Waals surface area contributed by atoms with E-state index in [0.717, 1.165) is 0 Å². The first-order valence-electron chi connectivity index (χ1n) is 6.57. The third kappa shape index (κ3) is 4.90. The van der Waals surface area contributed by atoms with Crippen molar-refractivity contribution in [2.75, 3.05) is 19.7 Å². The molecular formula is C13H21N3O3S. The maximum Gasteiger partial charge on any atom is 0.325 e. The molecule has 0 saturated carbocycles. The second-order valence-corrected chi connectivity index (χ2v) is 5.66. The maximum absolute atomic E-state index is 12.4. The molecule has 1 rings (SSSR count). The lowest BCUT2D eigenvalue weighted by molar-refractivity contribution is -0.143. The highest BCUT2D eigenvalue weighted by Crippen LogP contribution is 2.12. The number of esters is 1. The summed E-state index contributed by atoms with van der Waals surface area (Å²) < 4.78 is 4.90. The van der Waals surface area contributed by atoms with Crippen molar-refractivity contribution in [2.45, 2.75) is 27.3 Å². The number of nitrogens with zero attached hydrogens (tertiary/aromatic N) is 2. The molecule has 0 bridgehead atoms. The van der Waals surface area contributed by atoms with Crippen LogP contribution in [0, 0.1) is 5.92 Å². The third-order valence-corrected chi connectivity index (χ3v) is 3.31. The fraction of sp³-hybridized carbons (Fsp3) is 0.615. The first kappa shape index (κ1) is 16.6. The normalized spacial score (nSPS) is 10.7. The van der Waals surface area contributed by atoms with Gasteiger partial charge in [0.25, 0.3) is 5.91 Å². The summed E-state index contributed by atoms with van der Waals surface area (Å²) in [5.41, 5.74) is 5.82. The van der Waals surface area contributed by atoms with Crippen molar-refractivity contribution in [3.05, 3.63) is 16.1 Å². The Morgan fingerprint density at radius 2 is 2.20 bits per heavy atom. The van der Waals surface area contributed by atoms with Gasteiger partial charge in [0.2, 0.25) is 0 Å². The van der Waals surface area contributed by atoms with Crippen molar-refractivity contribution in [2.24, 2.45) is 11.7 Å². The quantitative estimate of drug-likeness (QED) is 0.766. The highest BCUT2D eigenvalue weighted by Gasteiger charge is 2.22. The first-order chi connectivity index (χ1) is 9.47. The summed E-state index contributed by atoms with van der Waals surface area (Å²) >= 11 is 1.34. The molecule has 0 fully saturated rings. The first-order valence-corrected chi connectivity index (χ1v) is 7.45. The summed E-state index contributed by atoms with van der Waals surface area (Å²) in [7, 11) is 0. The van der Waals surface area contributed by atoms with Crippen molar-refractivity contribution in [3.8, 4) is 0 Å². The van der Waals surface area contributed by atoms with Gasteiger partial charge in [-0.05, 0) is 12.8 Å². The molecule has 1 heterocycles. The number of carbonyl (C=O) groups excluding carboxylic acids is 2. The van der Waals surface area contributed by atoms with E-state index < -0.39 is 5.97 Å². The van der Waals surface area contributed by atoms with Crippen molar-refractivity contribution >= 4 is 23.2 Å². The van der Waals surface area contributed by atoms with Crippen LogP contribution in [0.15, 0.2) is 5.38 Å². The van der Waals surface area contributed by atoms with Crippen LogP contribution in [0.2, 0.25) is 0 Å². The Labute approximate surface area is 122 Å². The number of carbonyl (C=O) groups is 2. The van der Waals surface area contributed by atoms with Gasteiger partial charge in [0.1, 0.15) is 17.2 Å². The highest BCUT2D eigenvalue weighted by molar-refractivity contribution is 7.09. The summed E-state index contributed by atoms with van der Waals surface area (Å²) in [6.07, 6.45) is 0. The van der Waals surface area contributed by atoms with Gasteiger partial charge in [-0.1, -0.05) is 13.8 Å². The van der Waals surface area contributed by atoms with Gasteiger partial charge in [-0.15, -0.1) is 11.3 Å². The van der Waals surface area contributed by atoms with Gasteiger partial charge in [-0.2, -0.15) is 0 Å². The van der Waals surface area contributed by atoms with Gasteiger partial charge < -0.3 is 15.4 Å². The summed E-state index contributed by atoms with van der Waals surface area (Å²) in [6, 6.07) is 0. The van der Waals surface area contributed by atoms with Crippen LogP contribution in [-0.4, -0.2) is 41.5 Å². The fourth-order valence-corrected chi connectivity index (χ4v) is 2.34. The van der Waals surface area contributed by atoms with Crippen LogP contribution in [0.4, 0.5) is 0 Å². The van der Waals surface area contributed by atoms with E-state index in [1.807, 2.05) is 13.8 Å². The van der Waals surface area contributed by atoms with E-state index in [-0.39, 0.29) is 18.4 Å². The van der Waals surface area contributed by atoms with Crippen molar-refractivity contribution in [1.82, 2.24) is 9.88 Å². The van der Waals surface area contributed by atoms with Crippen LogP contribution in [-0.2, 0) is 16.1 Å². The summed E-state index contributed by atoms with van der Waals surface area (Å²) in [5.74, 6) is -0.417. The van der Waals surface area contributed by atoms with E-state index in [2.05, 4.69) is 4.98 Å². The lowest BCUT2D eigenvalue weighted by atomic mass is 10.2. The van der Waals surface area contributed by atoms with Crippen LogP contribution in [0.3, 0.4) is 0 Å². The van der Waals surface area contributed by atoms with Gasteiger partial charge in [0, 0.05) is 18.5 Å². The zero-order chi connectivity index (χ0) is 15.1. The number of hydrogen-bond donors (Lipinski definition) is 1. The number of rotatable bonds is 7. The van der Waals surface area contributed by atoms with Crippen molar-refractivity contribution < 1.29 is 14.3 Å². The molecule has 0 unspecified atom stereocenters. The molecule has 0 atom stereocenters. The van der Waals surface area contributed by atoms with Crippen LogP contribution in [0.1, 0.15) is 36.3 Å². The Bertz CT molecular complexity index is 459. The average Bonchev–Trinajstić information content (AvgIpc) is 2.85. The third-order valence-electron chi connectivity index (χ3n) is 2.44. The molecule has 1 amide bonds. The SMILES string of the molecule is CCOC(=O)CN(CC(C)C)C(=O)c1csc(CN)n1. The molecule has 1 aromatic rings. The van der Waals surface area contributed by atoms with Crippen LogP contribution in [0.25, 0.3) is 0 Å². The van der Waals surface area contributed by atoms with Crippen molar-refractivity contribution in [1.29, 1.82) is 0 Å². The standard InChI is InChI=1S/C13H21N3O3S/c1-4-19-12(17)7-16(6-9(2)3)13(18)10-8-20-11(5-14)15-10/h8-9H,4-7,14H2,1-3H3. The lowest BCUT2D eigenvalue weighted by Gasteiger charge is -2.22. The molecule has 0 spiro atoms. The Morgan fingerprint density at radius 3 is 2.70 bits per heavy atom. The van der Waals surface area contributed by atoms with E-state index in [0.29, 0.717) is 30.4 Å². The lowest BCUT2D eigenvalue weighted by Crippen LogP contribution is -2.39. The van der Waals surface area contributed by atoms with Crippen molar-refractivity contribution in [3.63, 3.8) is 0 Å². The molecule has 2 N–H and O–H groups in total. The molecular weight excluding hydrogens is 278 g/mol. The monoisotopic (exact) mass is 299 g/mol. The summed E-state index contributed by atoms with van der Waals surface area (Å²) in [5, 5.41) is 2.37. The average molecular weight is 299 g/mol. The number of thiazole rings is 1. The number of ether oxygens (including phenoxy) is 1. The molecule has 0 aliphatic carbocycles. The molecule has 7 heteroatoms. The predicted octanol–water partition coefficient (Wildman–Crippen LogP) is 1.26. The van der Waals surface area contributed by atoms with Crippen LogP contribution in [0.5, 0.6) is 0 Å². The zero-order valence-electron chi connectivity index (χ0n) is 12.1. The molecule has 6 nitrogen and oxygen atoms in total. The second-order valence-electron chi connectivity index (χ2n) is 4.72. The largest absolute Gasteiger partial charge is 0.465 e. The van der Waals surface area contributed by atoms with Crippen LogP contribution < -0.4 is 5.73 Å². The fourth-order valence-electron chi connectivity index (χ4n) is 1.69. The van der Waals surface area contributed by atoms with Gasteiger partial charge in [-0.3, -0.25) is 9.59 Å². The second kappa shape index (κ2) is 7.96. The van der Waals surface area contributed by atoms with Gasteiger partial charge >= 0.3 is 5.97 Å². The maximum atomic E-state index is 12.4. The number of hydrogen-bond acceptors (Lipinski definition) is 6. The Hall–Kier alpha value is -1.47. The van der Waals surface area contributed by atoms with Gasteiger partial charge in [0.15, 0.2) is 0 Å². The van der Waals surface area contributed by atoms with Gasteiger partial charge in [0.05, 0.1) is 6.61 Å².